The molecule has 7 nitrogen and oxygen atoms in total. The number of halogens is 7. The van der Waals surface area contributed by atoms with Crippen LogP contribution in [0.25, 0.3) is 5.69 Å². The first-order chi connectivity index (χ1) is 14.5. The van der Waals surface area contributed by atoms with E-state index in [0.29, 0.717) is 3.57 Å². The third-order valence-electron chi connectivity index (χ3n) is 3.50. The van der Waals surface area contributed by atoms with E-state index >= 15 is 0 Å². The fraction of sp³-hybridized carbons (Fsp3) is 0.0588. The summed E-state index contributed by atoms with van der Waals surface area (Å²) >= 11 is 12.6. The van der Waals surface area contributed by atoms with Crippen LogP contribution in [0.15, 0.2) is 30.6 Å². The molecule has 164 valence electrons. The Morgan fingerprint density at radius 1 is 0.968 bits per heavy atom. The van der Waals surface area contributed by atoms with Gasteiger partial charge in [-0.3, -0.25) is 0 Å². The van der Waals surface area contributed by atoms with E-state index in [9.17, 15) is 27.2 Å². The van der Waals surface area contributed by atoms with E-state index in [-0.39, 0.29) is 16.3 Å². The van der Waals surface area contributed by atoms with Gasteiger partial charge in [-0.1, -0.05) is 23.2 Å². The Kier molecular flexibility index (Phi) is 8.20. The molecule has 0 bridgehead atoms. The first-order valence-corrected chi connectivity index (χ1v) is 9.57. The van der Waals surface area contributed by atoms with Crippen molar-refractivity contribution < 1.29 is 37.4 Å². The van der Waals surface area contributed by atoms with Crippen molar-refractivity contribution in [1.82, 2.24) is 14.8 Å². The maximum Gasteiger partial charge on any atom is 0.340 e. The van der Waals surface area contributed by atoms with Crippen LogP contribution in [-0.2, 0) is 0 Å². The average Bonchev–Trinajstić information content (AvgIpc) is 3.17. The SMILES string of the molecule is O=C(O)c1c(-n2cnc(C(F)F)n2)ccc(Cl)c1F.O=C(O)c1c(I)ccc(Cl)c1F. The lowest BCUT2D eigenvalue weighted by Gasteiger charge is -2.07. The van der Waals surface area contributed by atoms with E-state index in [1.165, 1.54) is 12.1 Å². The number of benzene rings is 2. The number of rotatable bonds is 4. The first kappa shape index (κ1) is 24.8. The Hall–Kier alpha value is -2.45. The molecular weight excluding hydrogens is 584 g/mol. The van der Waals surface area contributed by atoms with Crippen LogP contribution in [-0.4, -0.2) is 36.9 Å². The van der Waals surface area contributed by atoms with E-state index < -0.39 is 46.4 Å². The lowest BCUT2D eigenvalue weighted by molar-refractivity contribution is 0.0680. The Morgan fingerprint density at radius 2 is 1.48 bits per heavy atom. The number of carboxylic acids is 2. The van der Waals surface area contributed by atoms with Crippen LogP contribution in [0.1, 0.15) is 33.0 Å². The van der Waals surface area contributed by atoms with E-state index in [0.717, 1.165) is 23.1 Å². The van der Waals surface area contributed by atoms with Crippen LogP contribution >= 0.6 is 45.8 Å². The minimum atomic E-state index is -2.91. The molecule has 31 heavy (non-hydrogen) atoms. The maximum absolute atomic E-state index is 13.6. The van der Waals surface area contributed by atoms with E-state index in [2.05, 4.69) is 10.1 Å². The summed E-state index contributed by atoms with van der Waals surface area (Å²) in [5.74, 6) is -5.73. The molecular formula is C17H8Cl2F4IN3O4. The number of hydrogen-bond acceptors (Lipinski definition) is 4. The second kappa shape index (κ2) is 10.2. The normalized spacial score (nSPS) is 10.6. The summed E-state index contributed by atoms with van der Waals surface area (Å²) in [4.78, 5) is 24.8. The van der Waals surface area contributed by atoms with Crippen LogP contribution < -0.4 is 0 Å². The topological polar surface area (TPSA) is 105 Å². The minimum absolute atomic E-state index is 0.173. The molecule has 0 aliphatic heterocycles. The lowest BCUT2D eigenvalue weighted by atomic mass is 10.1. The van der Waals surface area contributed by atoms with Crippen molar-refractivity contribution in [3.8, 4) is 5.69 Å². The molecule has 3 rings (SSSR count). The van der Waals surface area contributed by atoms with Gasteiger partial charge in [0.15, 0.2) is 11.6 Å². The standard InChI is InChI=1S/C10H5ClF3N3O2.C7H3ClFIO2/c11-4-1-2-5(6(7(4)12)10(18)19)17-3-15-9(16-17)8(13)14;8-3-1-2-4(10)5(6(3)9)7(11)12/h1-3,8H,(H,18,19);1-2H,(H,11,12). The summed E-state index contributed by atoms with van der Waals surface area (Å²) in [6, 6.07) is 5.03. The van der Waals surface area contributed by atoms with Gasteiger partial charge in [-0.25, -0.2) is 36.8 Å². The fourth-order valence-corrected chi connectivity index (χ4v) is 3.11. The van der Waals surface area contributed by atoms with Gasteiger partial charge in [-0.05, 0) is 46.9 Å². The molecule has 0 unspecified atom stereocenters. The van der Waals surface area contributed by atoms with Crippen LogP contribution in [0.5, 0.6) is 0 Å². The van der Waals surface area contributed by atoms with Crippen molar-refractivity contribution in [3.63, 3.8) is 0 Å². The molecule has 0 atom stereocenters. The number of aromatic carboxylic acids is 2. The van der Waals surface area contributed by atoms with Crippen molar-refractivity contribution in [2.45, 2.75) is 6.43 Å². The monoisotopic (exact) mass is 591 g/mol. The van der Waals surface area contributed by atoms with Crippen molar-refractivity contribution in [2.75, 3.05) is 0 Å². The number of nitrogens with zero attached hydrogens (tertiary/aromatic N) is 3. The molecule has 0 aliphatic carbocycles. The third-order valence-corrected chi connectivity index (χ3v) is 4.98. The molecule has 0 saturated carbocycles. The fourth-order valence-electron chi connectivity index (χ4n) is 2.15. The molecule has 0 amide bonds. The molecule has 2 aromatic carbocycles. The molecule has 0 radical (unpaired) electrons. The van der Waals surface area contributed by atoms with Crippen LogP contribution in [0, 0.1) is 15.2 Å². The number of aromatic nitrogens is 3. The minimum Gasteiger partial charge on any atom is -0.478 e. The summed E-state index contributed by atoms with van der Waals surface area (Å²) in [5.41, 5.74) is -1.38. The van der Waals surface area contributed by atoms with Gasteiger partial charge in [0.1, 0.15) is 17.5 Å². The van der Waals surface area contributed by atoms with E-state index in [1.54, 1.807) is 22.6 Å². The average molecular weight is 592 g/mol. The highest BCUT2D eigenvalue weighted by molar-refractivity contribution is 14.1. The molecule has 0 aliphatic rings. The van der Waals surface area contributed by atoms with Crippen LogP contribution in [0.4, 0.5) is 17.6 Å². The van der Waals surface area contributed by atoms with Crippen molar-refractivity contribution in [1.29, 1.82) is 0 Å². The molecule has 0 spiro atoms. The van der Waals surface area contributed by atoms with Gasteiger partial charge in [0.25, 0.3) is 6.43 Å². The zero-order valence-corrected chi connectivity index (χ0v) is 18.3. The van der Waals surface area contributed by atoms with E-state index in [4.69, 9.17) is 33.4 Å². The second-order valence-electron chi connectivity index (χ2n) is 5.43. The highest BCUT2D eigenvalue weighted by Crippen LogP contribution is 2.25. The first-order valence-electron chi connectivity index (χ1n) is 7.73. The summed E-state index contributed by atoms with van der Waals surface area (Å²) in [7, 11) is 0. The quantitative estimate of drug-likeness (QED) is 0.237. The van der Waals surface area contributed by atoms with Gasteiger partial charge < -0.3 is 10.2 Å². The zero-order chi connectivity index (χ0) is 23.5. The Labute approximate surface area is 194 Å². The summed E-state index contributed by atoms with van der Waals surface area (Å²) < 4.78 is 52.4. The molecule has 1 heterocycles. The molecule has 0 saturated heterocycles. The largest absolute Gasteiger partial charge is 0.478 e. The molecule has 1 aromatic heterocycles. The van der Waals surface area contributed by atoms with Gasteiger partial charge in [-0.15, -0.1) is 5.10 Å². The molecule has 14 heteroatoms. The molecule has 2 N–H and O–H groups in total. The number of carbonyl (C=O) groups is 2. The van der Waals surface area contributed by atoms with Crippen molar-refractivity contribution in [2.24, 2.45) is 0 Å². The van der Waals surface area contributed by atoms with Gasteiger partial charge in [0.05, 0.1) is 15.7 Å². The highest BCUT2D eigenvalue weighted by atomic mass is 127. The van der Waals surface area contributed by atoms with Crippen molar-refractivity contribution in [3.05, 3.63) is 72.8 Å². The number of alkyl halides is 2. The Morgan fingerprint density at radius 3 is 1.94 bits per heavy atom. The van der Waals surface area contributed by atoms with Crippen molar-refractivity contribution >= 4 is 57.7 Å². The third kappa shape index (κ3) is 5.62. The predicted octanol–water partition coefficient (Wildman–Crippen LogP) is 5.48. The highest BCUT2D eigenvalue weighted by Gasteiger charge is 2.22. The smallest absolute Gasteiger partial charge is 0.340 e. The van der Waals surface area contributed by atoms with Gasteiger partial charge in [-0.2, -0.15) is 0 Å². The summed E-state index contributed by atoms with van der Waals surface area (Å²) in [6.45, 7) is 0. The van der Waals surface area contributed by atoms with Crippen LogP contribution in [0.3, 0.4) is 0 Å². The van der Waals surface area contributed by atoms with Crippen LogP contribution in [0.2, 0.25) is 10.0 Å². The predicted molar refractivity (Wildman–Crippen MR) is 109 cm³/mol. The molecule has 0 fully saturated rings. The Bertz CT molecular complexity index is 1160. The second-order valence-corrected chi connectivity index (χ2v) is 7.41. The zero-order valence-electron chi connectivity index (χ0n) is 14.7. The van der Waals surface area contributed by atoms with Gasteiger partial charge in [0.2, 0.25) is 5.82 Å². The number of hydrogen-bond donors (Lipinski definition) is 2. The maximum atomic E-state index is 13.6. The van der Waals surface area contributed by atoms with Gasteiger partial charge in [0, 0.05) is 3.57 Å². The van der Waals surface area contributed by atoms with Gasteiger partial charge >= 0.3 is 11.9 Å². The Balaban J connectivity index is 0.000000245. The summed E-state index contributed by atoms with van der Waals surface area (Å²) in [6.07, 6.45) is -2.04. The summed E-state index contributed by atoms with van der Waals surface area (Å²) in [5, 5.41) is 20.3. The van der Waals surface area contributed by atoms with E-state index in [1.807, 2.05) is 0 Å². The molecule has 3 aromatic rings. The number of carboxylic acid groups (broad SMARTS) is 2. The lowest BCUT2D eigenvalue weighted by Crippen LogP contribution is -2.09.